The van der Waals surface area contributed by atoms with Crippen molar-refractivity contribution in [3.05, 3.63) is 64.0 Å². The third-order valence-corrected chi connectivity index (χ3v) is 6.99. The number of aryl methyl sites for hydroxylation is 2. The number of nitrogens with zero attached hydrogens (tertiary/aromatic N) is 3. The van der Waals surface area contributed by atoms with Gasteiger partial charge in [-0.25, -0.2) is 4.39 Å². The van der Waals surface area contributed by atoms with E-state index in [1.54, 1.807) is 6.07 Å². The van der Waals surface area contributed by atoms with Crippen LogP contribution in [-0.2, 0) is 22.7 Å². The molecule has 1 N–H and O–H groups in total. The van der Waals surface area contributed by atoms with Gasteiger partial charge in [0.15, 0.2) is 0 Å². The number of hydrogen-bond donors (Lipinski definition) is 1. The monoisotopic (exact) mass is 464 g/mol. The van der Waals surface area contributed by atoms with Gasteiger partial charge < -0.3 is 9.80 Å². The fraction of sp³-hybridized carbons (Fsp3) is 0.423. The molecule has 0 saturated carbocycles. The van der Waals surface area contributed by atoms with E-state index in [2.05, 4.69) is 42.3 Å². The fourth-order valence-electron chi connectivity index (χ4n) is 5.38. The second-order valence-corrected chi connectivity index (χ2v) is 9.62. The van der Waals surface area contributed by atoms with E-state index in [0.717, 1.165) is 25.2 Å². The SMILES string of the molecule is Cc1cc(C)cc(CN2CCN(c3cc4c(cc3F)C(=O)N(C3CCC(=O)NC3=O)C4)CC2)c1. The number of amides is 3. The van der Waals surface area contributed by atoms with Crippen LogP contribution >= 0.6 is 0 Å². The molecular weight excluding hydrogens is 435 g/mol. The lowest BCUT2D eigenvalue weighted by molar-refractivity contribution is -0.136. The van der Waals surface area contributed by atoms with Crippen LogP contribution in [0.1, 0.15) is 45.5 Å². The van der Waals surface area contributed by atoms with Crippen LogP contribution in [0.4, 0.5) is 10.1 Å². The Balaban J connectivity index is 1.27. The minimum atomic E-state index is -0.696. The third-order valence-electron chi connectivity index (χ3n) is 6.99. The number of rotatable bonds is 4. The number of carbonyl (C=O) groups is 3. The van der Waals surface area contributed by atoms with Gasteiger partial charge in [-0.15, -0.1) is 0 Å². The van der Waals surface area contributed by atoms with Crippen molar-refractivity contribution in [3.63, 3.8) is 0 Å². The van der Waals surface area contributed by atoms with E-state index < -0.39 is 17.8 Å². The Kier molecular flexibility index (Phi) is 5.85. The molecule has 2 aromatic carbocycles. The van der Waals surface area contributed by atoms with Gasteiger partial charge in [-0.05, 0) is 43.5 Å². The first-order chi connectivity index (χ1) is 16.3. The zero-order chi connectivity index (χ0) is 24.0. The summed E-state index contributed by atoms with van der Waals surface area (Å²) in [5.74, 6) is -1.55. The maximum absolute atomic E-state index is 15.1. The molecule has 3 heterocycles. The molecule has 3 aliphatic heterocycles. The van der Waals surface area contributed by atoms with Crippen LogP contribution in [0.3, 0.4) is 0 Å². The summed E-state index contributed by atoms with van der Waals surface area (Å²) in [6.07, 6.45) is 0.491. The Morgan fingerprint density at radius 3 is 2.35 bits per heavy atom. The Morgan fingerprint density at radius 1 is 0.971 bits per heavy atom. The van der Waals surface area contributed by atoms with Gasteiger partial charge >= 0.3 is 0 Å². The number of anilines is 1. The zero-order valence-electron chi connectivity index (χ0n) is 19.6. The van der Waals surface area contributed by atoms with Crippen LogP contribution < -0.4 is 10.2 Å². The lowest BCUT2D eigenvalue weighted by Crippen LogP contribution is -2.52. The van der Waals surface area contributed by atoms with Gasteiger partial charge in [-0.3, -0.25) is 24.6 Å². The second kappa shape index (κ2) is 8.83. The lowest BCUT2D eigenvalue weighted by Gasteiger charge is -2.36. The maximum atomic E-state index is 15.1. The molecule has 8 heteroatoms. The van der Waals surface area contributed by atoms with Gasteiger partial charge in [-0.1, -0.05) is 29.3 Å². The van der Waals surface area contributed by atoms with Crippen LogP contribution in [0.2, 0.25) is 0 Å². The summed E-state index contributed by atoms with van der Waals surface area (Å²) in [5.41, 5.74) is 5.34. The highest BCUT2D eigenvalue weighted by molar-refractivity contribution is 6.05. The van der Waals surface area contributed by atoms with Crippen molar-refractivity contribution in [1.82, 2.24) is 15.1 Å². The normalized spacial score (nSPS) is 21.1. The number of carbonyl (C=O) groups excluding carboxylic acids is 3. The molecule has 5 rings (SSSR count). The summed E-state index contributed by atoms with van der Waals surface area (Å²) >= 11 is 0. The van der Waals surface area contributed by atoms with Gasteiger partial charge in [0, 0.05) is 51.3 Å². The van der Waals surface area contributed by atoms with Crippen molar-refractivity contribution in [2.75, 3.05) is 31.1 Å². The van der Waals surface area contributed by atoms with E-state index >= 15 is 4.39 Å². The molecule has 1 atom stereocenters. The Labute approximate surface area is 198 Å². The molecule has 178 valence electrons. The summed E-state index contributed by atoms with van der Waals surface area (Å²) in [4.78, 5) is 42.5. The lowest BCUT2D eigenvalue weighted by atomic mass is 10.0. The predicted molar refractivity (Wildman–Crippen MR) is 126 cm³/mol. The molecule has 0 bridgehead atoms. The largest absolute Gasteiger partial charge is 0.367 e. The number of halogens is 1. The second-order valence-electron chi connectivity index (χ2n) is 9.62. The molecule has 2 fully saturated rings. The number of fused-ring (bicyclic) bond motifs is 1. The first-order valence-corrected chi connectivity index (χ1v) is 11.8. The standard InChI is InChI=1S/C26H29FN4O3/c1-16-9-17(2)11-18(10-16)14-29-5-7-30(8-6-29)23-12-19-15-31(26(34)20(19)13-21(23)27)22-3-4-24(32)28-25(22)33/h9-13,22H,3-8,14-15H2,1-2H3,(H,28,32,33). The van der Waals surface area contributed by atoms with Crippen molar-refractivity contribution in [1.29, 1.82) is 0 Å². The Bertz CT molecular complexity index is 1150. The quantitative estimate of drug-likeness (QED) is 0.704. The fourth-order valence-corrected chi connectivity index (χ4v) is 5.38. The minimum Gasteiger partial charge on any atom is -0.367 e. The van der Waals surface area contributed by atoms with Crippen LogP contribution in [0, 0.1) is 19.7 Å². The van der Waals surface area contributed by atoms with Crippen molar-refractivity contribution in [3.8, 4) is 0 Å². The van der Waals surface area contributed by atoms with Crippen LogP contribution in [0.15, 0.2) is 30.3 Å². The number of nitrogens with one attached hydrogen (secondary N) is 1. The molecule has 34 heavy (non-hydrogen) atoms. The third kappa shape index (κ3) is 4.30. The Morgan fingerprint density at radius 2 is 1.68 bits per heavy atom. The molecule has 2 saturated heterocycles. The summed E-state index contributed by atoms with van der Waals surface area (Å²) in [6, 6.07) is 8.96. The topological polar surface area (TPSA) is 73.0 Å². The molecule has 3 aliphatic rings. The average molecular weight is 465 g/mol. The number of piperidine rings is 1. The smallest absolute Gasteiger partial charge is 0.255 e. The van der Waals surface area contributed by atoms with Crippen LogP contribution in [0.5, 0.6) is 0 Å². The van der Waals surface area contributed by atoms with Crippen molar-refractivity contribution in [2.24, 2.45) is 0 Å². The number of imide groups is 1. The zero-order valence-corrected chi connectivity index (χ0v) is 19.6. The summed E-state index contributed by atoms with van der Waals surface area (Å²) in [6.45, 7) is 8.39. The van der Waals surface area contributed by atoms with E-state index in [4.69, 9.17) is 0 Å². The van der Waals surface area contributed by atoms with E-state index in [0.29, 0.717) is 30.8 Å². The van der Waals surface area contributed by atoms with E-state index in [1.807, 2.05) is 4.90 Å². The average Bonchev–Trinajstić information content (AvgIpc) is 3.08. The molecule has 1 unspecified atom stereocenters. The number of piperazine rings is 1. The van der Waals surface area contributed by atoms with Gasteiger partial charge in [0.25, 0.3) is 5.91 Å². The molecule has 3 amide bonds. The molecule has 7 nitrogen and oxygen atoms in total. The highest BCUT2D eigenvalue weighted by Gasteiger charge is 2.39. The first-order valence-electron chi connectivity index (χ1n) is 11.8. The molecular formula is C26H29FN4O3. The van der Waals surface area contributed by atoms with Gasteiger partial charge in [0.1, 0.15) is 11.9 Å². The van der Waals surface area contributed by atoms with Crippen LogP contribution in [-0.4, -0.2) is 59.7 Å². The van der Waals surface area contributed by atoms with Crippen molar-refractivity contribution >= 4 is 23.4 Å². The van der Waals surface area contributed by atoms with Gasteiger partial charge in [0.05, 0.1) is 5.69 Å². The predicted octanol–water partition coefficient (Wildman–Crippen LogP) is 2.53. The van der Waals surface area contributed by atoms with Gasteiger partial charge in [0.2, 0.25) is 11.8 Å². The van der Waals surface area contributed by atoms with E-state index in [9.17, 15) is 14.4 Å². The van der Waals surface area contributed by atoms with Gasteiger partial charge in [-0.2, -0.15) is 0 Å². The molecule has 0 aromatic heterocycles. The van der Waals surface area contributed by atoms with E-state index in [-0.39, 0.29) is 24.8 Å². The minimum absolute atomic E-state index is 0.197. The highest BCUT2D eigenvalue weighted by Crippen LogP contribution is 2.33. The summed E-state index contributed by atoms with van der Waals surface area (Å²) < 4.78 is 15.1. The Hall–Kier alpha value is -3.26. The number of hydrogen-bond acceptors (Lipinski definition) is 5. The molecule has 0 radical (unpaired) electrons. The number of benzene rings is 2. The van der Waals surface area contributed by atoms with Crippen LogP contribution in [0.25, 0.3) is 0 Å². The summed E-state index contributed by atoms with van der Waals surface area (Å²) in [7, 11) is 0. The molecule has 2 aromatic rings. The highest BCUT2D eigenvalue weighted by atomic mass is 19.1. The van der Waals surface area contributed by atoms with Crippen molar-refractivity contribution < 1.29 is 18.8 Å². The molecule has 0 spiro atoms. The van der Waals surface area contributed by atoms with E-state index in [1.165, 1.54) is 27.7 Å². The first kappa shape index (κ1) is 22.5. The summed E-state index contributed by atoms with van der Waals surface area (Å²) in [5, 5.41) is 2.30. The van der Waals surface area contributed by atoms with Crippen molar-refractivity contribution in [2.45, 2.75) is 45.8 Å². The molecule has 0 aliphatic carbocycles. The maximum Gasteiger partial charge on any atom is 0.255 e.